The Morgan fingerprint density at radius 1 is 1.05 bits per heavy atom. The van der Waals surface area contributed by atoms with E-state index >= 15 is 0 Å². The quantitative estimate of drug-likeness (QED) is 0.608. The Bertz CT molecular complexity index is 501. The molecule has 0 unspecified atom stereocenters. The highest BCUT2D eigenvalue weighted by Gasteiger charge is 2.40. The van der Waals surface area contributed by atoms with Crippen LogP contribution in [0.4, 0.5) is 26.3 Å². The van der Waals surface area contributed by atoms with E-state index in [2.05, 4.69) is 4.74 Å². The van der Waals surface area contributed by atoms with Crippen molar-refractivity contribution < 1.29 is 35.9 Å². The highest BCUT2D eigenvalue weighted by atomic mass is 19.4. The highest BCUT2D eigenvalue weighted by Crippen LogP contribution is 2.41. The van der Waals surface area contributed by atoms with E-state index in [0.29, 0.717) is 6.07 Å². The number of hydrogen-bond donors (Lipinski definition) is 0. The SMILES string of the molecule is COc1cc(C(F)(F)F)cc(C(F)(F)F)c1C(C)=O. The van der Waals surface area contributed by atoms with Crippen LogP contribution in [-0.2, 0) is 12.4 Å². The number of carbonyl (C=O) groups excluding carboxylic acids is 1. The Morgan fingerprint density at radius 2 is 1.58 bits per heavy atom. The van der Waals surface area contributed by atoms with Gasteiger partial charge in [-0.05, 0) is 19.1 Å². The van der Waals surface area contributed by atoms with Gasteiger partial charge in [-0.15, -0.1) is 0 Å². The first-order valence-electron chi connectivity index (χ1n) is 4.86. The number of ether oxygens (including phenoxy) is 1. The van der Waals surface area contributed by atoms with Crippen LogP contribution in [0.1, 0.15) is 28.4 Å². The third kappa shape index (κ3) is 3.18. The molecule has 0 aliphatic rings. The Labute approximate surface area is 104 Å². The normalized spacial score (nSPS) is 12.4. The molecular formula is C11H8F6O2. The van der Waals surface area contributed by atoms with Crippen LogP contribution in [0.5, 0.6) is 5.75 Å². The average Bonchev–Trinajstić information content (AvgIpc) is 2.24. The Hall–Kier alpha value is -1.73. The van der Waals surface area contributed by atoms with Gasteiger partial charge in [-0.2, -0.15) is 26.3 Å². The van der Waals surface area contributed by atoms with Crippen molar-refractivity contribution >= 4 is 5.78 Å². The molecule has 0 aliphatic heterocycles. The summed E-state index contributed by atoms with van der Waals surface area (Å²) in [5.74, 6) is -1.78. The van der Waals surface area contributed by atoms with E-state index in [1.807, 2.05) is 0 Å². The fourth-order valence-corrected chi connectivity index (χ4v) is 1.53. The van der Waals surface area contributed by atoms with E-state index in [1.165, 1.54) is 0 Å². The van der Waals surface area contributed by atoms with E-state index < -0.39 is 40.6 Å². The molecular weight excluding hydrogens is 278 g/mol. The molecule has 1 aromatic carbocycles. The first-order chi connectivity index (χ1) is 8.48. The standard InChI is InChI=1S/C11H8F6O2/c1-5(18)9-7(11(15,16)17)3-6(10(12,13)14)4-8(9)19-2/h3-4H,1-2H3. The Balaban J connectivity index is 3.70. The molecule has 19 heavy (non-hydrogen) atoms. The van der Waals surface area contributed by atoms with E-state index in [1.54, 1.807) is 0 Å². The number of halogens is 6. The summed E-state index contributed by atoms with van der Waals surface area (Å²) in [7, 11) is 0.891. The van der Waals surface area contributed by atoms with Crippen molar-refractivity contribution in [3.63, 3.8) is 0 Å². The molecule has 1 rings (SSSR count). The molecule has 0 bridgehead atoms. The molecule has 0 atom stereocenters. The minimum atomic E-state index is -5.09. The van der Waals surface area contributed by atoms with Crippen LogP contribution in [0.3, 0.4) is 0 Å². The van der Waals surface area contributed by atoms with Crippen molar-refractivity contribution in [3.05, 3.63) is 28.8 Å². The number of Topliss-reactive ketones (excluding diaryl/α,β-unsaturated/α-hetero) is 1. The Morgan fingerprint density at radius 3 is 1.89 bits per heavy atom. The smallest absolute Gasteiger partial charge is 0.417 e. The van der Waals surface area contributed by atoms with Gasteiger partial charge in [-0.25, -0.2) is 0 Å². The number of alkyl halides is 6. The van der Waals surface area contributed by atoms with Gasteiger partial charge in [-0.3, -0.25) is 4.79 Å². The van der Waals surface area contributed by atoms with Gasteiger partial charge in [-0.1, -0.05) is 0 Å². The summed E-state index contributed by atoms with van der Waals surface area (Å²) in [4.78, 5) is 11.2. The third-order valence-electron chi connectivity index (χ3n) is 2.31. The van der Waals surface area contributed by atoms with Crippen LogP contribution in [-0.4, -0.2) is 12.9 Å². The molecule has 8 heteroatoms. The van der Waals surface area contributed by atoms with E-state index in [9.17, 15) is 31.1 Å². The minimum Gasteiger partial charge on any atom is -0.496 e. The summed E-state index contributed by atoms with van der Waals surface area (Å²) in [5.41, 5.74) is -4.10. The molecule has 0 saturated carbocycles. The van der Waals surface area contributed by atoms with Crippen LogP contribution >= 0.6 is 0 Å². The van der Waals surface area contributed by atoms with Crippen LogP contribution in [0.2, 0.25) is 0 Å². The molecule has 0 heterocycles. The third-order valence-corrected chi connectivity index (χ3v) is 2.31. The zero-order valence-corrected chi connectivity index (χ0v) is 9.74. The zero-order valence-electron chi connectivity index (χ0n) is 9.74. The lowest BCUT2D eigenvalue weighted by molar-refractivity contribution is -0.143. The molecule has 106 valence electrons. The van der Waals surface area contributed by atoms with Crippen molar-refractivity contribution in [2.45, 2.75) is 19.3 Å². The Kier molecular flexibility index (Phi) is 3.83. The van der Waals surface area contributed by atoms with Crippen LogP contribution in [0.15, 0.2) is 12.1 Å². The lowest BCUT2D eigenvalue weighted by Crippen LogP contribution is -2.16. The minimum absolute atomic E-state index is 0.0980. The molecule has 2 nitrogen and oxygen atoms in total. The summed E-state index contributed by atoms with van der Waals surface area (Å²) < 4.78 is 80.1. The fourth-order valence-electron chi connectivity index (χ4n) is 1.53. The number of carbonyl (C=O) groups is 1. The maximum atomic E-state index is 12.7. The van der Waals surface area contributed by atoms with Gasteiger partial charge in [0.1, 0.15) is 5.75 Å². The lowest BCUT2D eigenvalue weighted by Gasteiger charge is -2.17. The first kappa shape index (κ1) is 15.3. The van der Waals surface area contributed by atoms with E-state index in [-0.39, 0.29) is 6.07 Å². The van der Waals surface area contributed by atoms with Crippen molar-refractivity contribution in [2.24, 2.45) is 0 Å². The second-order valence-electron chi connectivity index (χ2n) is 3.65. The molecule has 0 saturated heterocycles. The van der Waals surface area contributed by atoms with Gasteiger partial charge in [0.2, 0.25) is 0 Å². The topological polar surface area (TPSA) is 26.3 Å². The fraction of sp³-hybridized carbons (Fsp3) is 0.364. The molecule has 0 aromatic heterocycles. The van der Waals surface area contributed by atoms with E-state index in [4.69, 9.17) is 0 Å². The number of benzene rings is 1. The van der Waals surface area contributed by atoms with Crippen molar-refractivity contribution in [1.82, 2.24) is 0 Å². The monoisotopic (exact) mass is 286 g/mol. The molecule has 0 aliphatic carbocycles. The van der Waals surface area contributed by atoms with Crippen LogP contribution in [0, 0.1) is 0 Å². The molecule has 0 spiro atoms. The second kappa shape index (κ2) is 4.75. The van der Waals surface area contributed by atoms with Crippen LogP contribution in [0.25, 0.3) is 0 Å². The number of methoxy groups -OCH3 is 1. The zero-order chi connectivity index (χ0) is 15.0. The maximum absolute atomic E-state index is 12.7. The maximum Gasteiger partial charge on any atom is 0.417 e. The predicted molar refractivity (Wildman–Crippen MR) is 53.0 cm³/mol. The van der Waals surface area contributed by atoms with Gasteiger partial charge in [0.25, 0.3) is 0 Å². The first-order valence-corrected chi connectivity index (χ1v) is 4.86. The highest BCUT2D eigenvalue weighted by molar-refractivity contribution is 5.98. The summed E-state index contributed by atoms with van der Waals surface area (Å²) in [5, 5.41) is 0. The van der Waals surface area contributed by atoms with Gasteiger partial charge in [0.05, 0.1) is 23.8 Å². The summed E-state index contributed by atoms with van der Waals surface area (Å²) in [6.07, 6.45) is -10.1. The molecule has 1 aromatic rings. The van der Waals surface area contributed by atoms with E-state index in [0.717, 1.165) is 14.0 Å². The molecule has 0 radical (unpaired) electrons. The predicted octanol–water partition coefficient (Wildman–Crippen LogP) is 3.94. The van der Waals surface area contributed by atoms with Gasteiger partial charge < -0.3 is 4.74 Å². The van der Waals surface area contributed by atoms with Gasteiger partial charge in [0.15, 0.2) is 5.78 Å². The average molecular weight is 286 g/mol. The second-order valence-corrected chi connectivity index (χ2v) is 3.65. The number of hydrogen-bond acceptors (Lipinski definition) is 2. The van der Waals surface area contributed by atoms with Crippen molar-refractivity contribution in [1.29, 1.82) is 0 Å². The van der Waals surface area contributed by atoms with Gasteiger partial charge >= 0.3 is 12.4 Å². The molecule has 0 fully saturated rings. The summed E-state index contributed by atoms with van der Waals surface area (Å²) in [6.45, 7) is 0.820. The summed E-state index contributed by atoms with van der Waals surface area (Å²) in [6, 6.07) is 0.269. The summed E-state index contributed by atoms with van der Waals surface area (Å²) >= 11 is 0. The van der Waals surface area contributed by atoms with Crippen molar-refractivity contribution in [2.75, 3.05) is 7.11 Å². The largest absolute Gasteiger partial charge is 0.496 e. The van der Waals surface area contributed by atoms with Crippen LogP contribution < -0.4 is 4.74 Å². The molecule has 0 N–H and O–H groups in total. The lowest BCUT2D eigenvalue weighted by atomic mass is 9.99. The molecule has 0 amide bonds. The van der Waals surface area contributed by atoms with Gasteiger partial charge in [0, 0.05) is 0 Å². The van der Waals surface area contributed by atoms with Crippen molar-refractivity contribution in [3.8, 4) is 5.75 Å². The number of rotatable bonds is 2. The number of ketones is 1.